The molecule has 0 spiro atoms. The van der Waals surface area contributed by atoms with Gasteiger partial charge in [0.2, 0.25) is 0 Å². The van der Waals surface area contributed by atoms with Crippen molar-refractivity contribution in [3.05, 3.63) is 23.8 Å². The smallest absolute Gasteiger partial charge is 0.191 e. The number of nitrogens with zero attached hydrogens (tertiary/aromatic N) is 4. The first-order chi connectivity index (χ1) is 10.2. The van der Waals surface area contributed by atoms with E-state index in [9.17, 15) is 0 Å². The summed E-state index contributed by atoms with van der Waals surface area (Å²) in [6.45, 7) is 5.62. The van der Waals surface area contributed by atoms with Gasteiger partial charge in [0.15, 0.2) is 11.8 Å². The van der Waals surface area contributed by atoms with Gasteiger partial charge in [0.1, 0.15) is 12.4 Å². The van der Waals surface area contributed by atoms with E-state index in [0.717, 1.165) is 43.4 Å². The molecule has 1 heterocycles. The van der Waals surface area contributed by atoms with E-state index in [4.69, 9.17) is 0 Å². The second-order valence-corrected chi connectivity index (χ2v) is 5.45. The minimum absolute atomic E-state index is 0.458. The van der Waals surface area contributed by atoms with Gasteiger partial charge in [0, 0.05) is 19.6 Å². The molecule has 0 aliphatic heterocycles. The summed E-state index contributed by atoms with van der Waals surface area (Å²) in [7, 11) is 1.97. The molecule has 0 unspecified atom stereocenters. The van der Waals surface area contributed by atoms with Crippen molar-refractivity contribution in [3.63, 3.8) is 0 Å². The van der Waals surface area contributed by atoms with Gasteiger partial charge in [0.25, 0.3) is 0 Å². The molecular formula is C15H26N6. The maximum absolute atomic E-state index is 4.65. The van der Waals surface area contributed by atoms with Crippen molar-refractivity contribution in [3.8, 4) is 0 Å². The zero-order valence-corrected chi connectivity index (χ0v) is 13.3. The second-order valence-electron chi connectivity index (χ2n) is 5.45. The van der Waals surface area contributed by atoms with E-state index in [1.54, 1.807) is 0 Å². The highest BCUT2D eigenvalue weighted by molar-refractivity contribution is 5.80. The summed E-state index contributed by atoms with van der Waals surface area (Å²) in [6.07, 6.45) is 8.89. The van der Waals surface area contributed by atoms with Crippen LogP contribution in [0.15, 0.2) is 17.1 Å². The SMILES string of the molecule is CCCCNC(=NCc1nnc(C)n1C)NC1CC=CC1. The lowest BCUT2D eigenvalue weighted by atomic mass is 10.2. The molecule has 0 atom stereocenters. The Bertz CT molecular complexity index is 494. The molecule has 1 aromatic heterocycles. The largest absolute Gasteiger partial charge is 0.356 e. The fourth-order valence-electron chi connectivity index (χ4n) is 2.20. The van der Waals surface area contributed by atoms with Crippen molar-refractivity contribution in [2.75, 3.05) is 6.54 Å². The van der Waals surface area contributed by atoms with Gasteiger partial charge in [-0.3, -0.25) is 0 Å². The second kappa shape index (κ2) is 7.81. The van der Waals surface area contributed by atoms with Crippen LogP contribution in [0.5, 0.6) is 0 Å². The number of hydrogen-bond acceptors (Lipinski definition) is 3. The van der Waals surface area contributed by atoms with Crippen LogP contribution in [-0.4, -0.2) is 33.3 Å². The van der Waals surface area contributed by atoms with Gasteiger partial charge in [-0.2, -0.15) is 0 Å². The van der Waals surface area contributed by atoms with E-state index >= 15 is 0 Å². The molecule has 0 aromatic carbocycles. The zero-order valence-electron chi connectivity index (χ0n) is 13.3. The van der Waals surface area contributed by atoms with E-state index in [1.807, 2.05) is 18.5 Å². The van der Waals surface area contributed by atoms with Crippen molar-refractivity contribution in [1.82, 2.24) is 25.4 Å². The van der Waals surface area contributed by atoms with Crippen LogP contribution in [-0.2, 0) is 13.6 Å². The molecule has 21 heavy (non-hydrogen) atoms. The number of aromatic nitrogens is 3. The van der Waals surface area contributed by atoms with Crippen molar-refractivity contribution in [1.29, 1.82) is 0 Å². The standard InChI is InChI=1S/C15H26N6/c1-4-5-10-16-15(18-13-8-6-7-9-13)17-11-14-20-19-12(2)21(14)3/h6-7,13H,4-5,8-11H2,1-3H3,(H2,16,17,18). The summed E-state index contributed by atoms with van der Waals surface area (Å²) in [5.74, 6) is 2.67. The molecule has 0 bridgehead atoms. The van der Waals surface area contributed by atoms with Gasteiger partial charge in [-0.25, -0.2) is 4.99 Å². The zero-order chi connectivity index (χ0) is 15.1. The van der Waals surface area contributed by atoms with Crippen molar-refractivity contribution >= 4 is 5.96 Å². The molecule has 0 amide bonds. The summed E-state index contributed by atoms with van der Waals surface area (Å²) >= 11 is 0. The van der Waals surface area contributed by atoms with Crippen molar-refractivity contribution in [2.24, 2.45) is 12.0 Å². The monoisotopic (exact) mass is 290 g/mol. The number of hydrogen-bond donors (Lipinski definition) is 2. The van der Waals surface area contributed by atoms with Crippen molar-refractivity contribution in [2.45, 2.75) is 52.1 Å². The first-order valence-corrected chi connectivity index (χ1v) is 7.75. The third-order valence-corrected chi connectivity index (χ3v) is 3.73. The number of nitrogens with one attached hydrogen (secondary N) is 2. The lowest BCUT2D eigenvalue weighted by Gasteiger charge is -2.17. The Hall–Kier alpha value is -1.85. The fourth-order valence-corrected chi connectivity index (χ4v) is 2.20. The molecule has 2 N–H and O–H groups in total. The summed E-state index contributed by atoms with van der Waals surface area (Å²) in [5.41, 5.74) is 0. The number of rotatable bonds is 6. The lowest BCUT2D eigenvalue weighted by Crippen LogP contribution is -2.43. The van der Waals surface area contributed by atoms with E-state index in [0.29, 0.717) is 12.6 Å². The average Bonchev–Trinajstić information content (AvgIpc) is 3.09. The first kappa shape index (κ1) is 15.5. The Morgan fingerprint density at radius 2 is 2.14 bits per heavy atom. The predicted molar refractivity (Wildman–Crippen MR) is 85.1 cm³/mol. The first-order valence-electron chi connectivity index (χ1n) is 7.75. The van der Waals surface area contributed by atoms with Gasteiger partial charge in [-0.15, -0.1) is 10.2 Å². The fraction of sp³-hybridized carbons (Fsp3) is 0.667. The van der Waals surface area contributed by atoms with Crippen LogP contribution in [0.2, 0.25) is 0 Å². The van der Waals surface area contributed by atoms with Crippen LogP contribution >= 0.6 is 0 Å². The minimum Gasteiger partial charge on any atom is -0.356 e. The molecule has 0 fully saturated rings. The summed E-state index contributed by atoms with van der Waals surface area (Å²) in [6, 6.07) is 0.458. The lowest BCUT2D eigenvalue weighted by molar-refractivity contribution is 0.623. The van der Waals surface area contributed by atoms with Crippen molar-refractivity contribution < 1.29 is 0 Å². The quantitative estimate of drug-likeness (QED) is 0.362. The van der Waals surface area contributed by atoms with Crippen LogP contribution in [0.1, 0.15) is 44.3 Å². The highest BCUT2D eigenvalue weighted by Crippen LogP contribution is 2.09. The van der Waals surface area contributed by atoms with Gasteiger partial charge >= 0.3 is 0 Å². The molecule has 116 valence electrons. The van der Waals surface area contributed by atoms with Crippen LogP contribution in [0, 0.1) is 6.92 Å². The Morgan fingerprint density at radius 3 is 2.76 bits per heavy atom. The van der Waals surface area contributed by atoms with Gasteiger partial charge in [-0.05, 0) is 26.2 Å². The predicted octanol–water partition coefficient (Wildman–Crippen LogP) is 1.68. The highest BCUT2D eigenvalue weighted by Gasteiger charge is 2.12. The number of aryl methyl sites for hydroxylation is 1. The maximum Gasteiger partial charge on any atom is 0.191 e. The molecule has 1 aliphatic rings. The molecule has 1 aliphatic carbocycles. The highest BCUT2D eigenvalue weighted by atomic mass is 15.3. The van der Waals surface area contributed by atoms with Crippen LogP contribution < -0.4 is 10.6 Å². The molecule has 1 aromatic rings. The summed E-state index contributed by atoms with van der Waals surface area (Å²) in [4.78, 5) is 4.65. The van der Waals surface area contributed by atoms with E-state index in [1.165, 1.54) is 6.42 Å². The van der Waals surface area contributed by atoms with Gasteiger partial charge in [0.05, 0.1) is 0 Å². The molecular weight excluding hydrogens is 264 g/mol. The number of guanidine groups is 1. The normalized spacial score (nSPS) is 15.7. The molecule has 0 saturated carbocycles. The maximum atomic E-state index is 4.65. The Balaban J connectivity index is 1.95. The molecule has 6 nitrogen and oxygen atoms in total. The third-order valence-electron chi connectivity index (χ3n) is 3.73. The minimum atomic E-state index is 0.458. The van der Waals surface area contributed by atoms with Crippen LogP contribution in [0.4, 0.5) is 0 Å². The van der Waals surface area contributed by atoms with E-state index in [2.05, 4.69) is 44.9 Å². The molecule has 0 radical (unpaired) electrons. The summed E-state index contributed by atoms with van der Waals surface area (Å²) in [5, 5.41) is 15.1. The molecule has 2 rings (SSSR count). The molecule has 0 saturated heterocycles. The average molecular weight is 290 g/mol. The molecule has 6 heteroatoms. The summed E-state index contributed by atoms with van der Waals surface area (Å²) < 4.78 is 1.98. The van der Waals surface area contributed by atoms with Gasteiger partial charge in [-0.1, -0.05) is 25.5 Å². The van der Waals surface area contributed by atoms with E-state index < -0.39 is 0 Å². The topological polar surface area (TPSA) is 67.1 Å². The van der Waals surface area contributed by atoms with E-state index in [-0.39, 0.29) is 0 Å². The van der Waals surface area contributed by atoms with Crippen LogP contribution in [0.3, 0.4) is 0 Å². The Labute approximate surface area is 126 Å². The number of aliphatic imine (C=N–C) groups is 1. The Morgan fingerprint density at radius 1 is 1.38 bits per heavy atom. The third kappa shape index (κ3) is 4.58. The van der Waals surface area contributed by atoms with Gasteiger partial charge < -0.3 is 15.2 Å². The Kier molecular flexibility index (Phi) is 5.78. The van der Waals surface area contributed by atoms with Crippen LogP contribution in [0.25, 0.3) is 0 Å². The number of unbranched alkanes of at least 4 members (excludes halogenated alkanes) is 1.